The van der Waals surface area contributed by atoms with E-state index < -0.39 is 0 Å². The Morgan fingerprint density at radius 1 is 1.38 bits per heavy atom. The van der Waals surface area contributed by atoms with Gasteiger partial charge in [0.2, 0.25) is 0 Å². The van der Waals surface area contributed by atoms with E-state index in [1.807, 2.05) is 37.2 Å². The number of anilines is 1. The lowest BCUT2D eigenvalue weighted by Gasteiger charge is -2.10. The molecule has 0 saturated carbocycles. The van der Waals surface area contributed by atoms with Crippen molar-refractivity contribution in [2.75, 3.05) is 19.0 Å². The van der Waals surface area contributed by atoms with Gasteiger partial charge in [-0.05, 0) is 24.3 Å². The molecule has 13 heavy (non-hydrogen) atoms. The maximum absolute atomic E-state index is 10.1. The summed E-state index contributed by atoms with van der Waals surface area (Å²) in [5.74, 6) is 0.882. The minimum absolute atomic E-state index is 0.740. The molecule has 0 fully saturated rings. The van der Waals surface area contributed by atoms with E-state index in [0.717, 1.165) is 17.8 Å². The van der Waals surface area contributed by atoms with Crippen LogP contribution < -0.4 is 4.90 Å². The van der Waals surface area contributed by atoms with Gasteiger partial charge < -0.3 is 4.90 Å². The molecule has 68 valence electrons. The molecular formula is C10H12N2O. The normalized spacial score (nSPS) is 10.3. The molecular weight excluding hydrogens is 164 g/mol. The molecule has 1 aromatic heterocycles. The maximum atomic E-state index is 10.1. The van der Waals surface area contributed by atoms with E-state index in [1.165, 1.54) is 6.08 Å². The van der Waals surface area contributed by atoms with Crippen LogP contribution >= 0.6 is 0 Å². The smallest absolute Gasteiger partial charge is 0.142 e. The number of rotatable bonds is 3. The third-order valence-electron chi connectivity index (χ3n) is 1.56. The van der Waals surface area contributed by atoms with Crippen molar-refractivity contribution in [1.29, 1.82) is 0 Å². The summed E-state index contributed by atoms with van der Waals surface area (Å²) < 4.78 is 0. The standard InChI is InChI=1S/C10H12N2O/c1-12(2)10-7-3-5-9(11-10)6-4-8-13/h3-8H,1-2H3/b6-4+. The van der Waals surface area contributed by atoms with Crippen LogP contribution in [-0.4, -0.2) is 25.4 Å². The van der Waals surface area contributed by atoms with Gasteiger partial charge in [-0.15, -0.1) is 0 Å². The van der Waals surface area contributed by atoms with Gasteiger partial charge in [0.25, 0.3) is 0 Å². The lowest BCUT2D eigenvalue weighted by molar-refractivity contribution is -0.104. The highest BCUT2D eigenvalue weighted by Crippen LogP contribution is 2.08. The van der Waals surface area contributed by atoms with Crippen molar-refractivity contribution >= 4 is 18.2 Å². The van der Waals surface area contributed by atoms with Crippen LogP contribution in [0.2, 0.25) is 0 Å². The second-order valence-corrected chi connectivity index (χ2v) is 2.81. The SMILES string of the molecule is CN(C)c1cccc(/C=C/C=O)n1. The first-order chi connectivity index (χ1) is 6.24. The Hall–Kier alpha value is -1.64. The number of carbonyl (C=O) groups excluding carboxylic acids is 1. The Bertz CT molecular complexity index is 318. The highest BCUT2D eigenvalue weighted by atomic mass is 16.1. The molecule has 0 spiro atoms. The molecule has 0 unspecified atom stereocenters. The molecule has 1 rings (SSSR count). The Morgan fingerprint density at radius 3 is 2.77 bits per heavy atom. The first-order valence-electron chi connectivity index (χ1n) is 4.00. The fourth-order valence-corrected chi connectivity index (χ4v) is 0.919. The maximum Gasteiger partial charge on any atom is 0.142 e. The summed E-state index contributed by atoms with van der Waals surface area (Å²) in [5, 5.41) is 0. The average Bonchev–Trinajstić information content (AvgIpc) is 2.15. The number of aromatic nitrogens is 1. The van der Waals surface area contributed by atoms with Gasteiger partial charge in [0, 0.05) is 14.1 Å². The van der Waals surface area contributed by atoms with E-state index >= 15 is 0 Å². The van der Waals surface area contributed by atoms with Crippen LogP contribution in [0.15, 0.2) is 24.3 Å². The Balaban J connectivity index is 2.91. The van der Waals surface area contributed by atoms with Crippen molar-refractivity contribution < 1.29 is 4.79 Å². The zero-order valence-electron chi connectivity index (χ0n) is 7.77. The number of hydrogen-bond donors (Lipinski definition) is 0. The summed E-state index contributed by atoms with van der Waals surface area (Å²) in [5.41, 5.74) is 0.790. The number of pyridine rings is 1. The Labute approximate surface area is 77.7 Å². The number of aldehydes is 1. The van der Waals surface area contributed by atoms with Gasteiger partial charge in [0.05, 0.1) is 5.69 Å². The van der Waals surface area contributed by atoms with Gasteiger partial charge in [0.1, 0.15) is 12.1 Å². The minimum Gasteiger partial charge on any atom is -0.363 e. The molecule has 0 atom stereocenters. The molecule has 0 aliphatic carbocycles. The van der Waals surface area contributed by atoms with E-state index in [0.29, 0.717) is 0 Å². The van der Waals surface area contributed by atoms with Crippen molar-refractivity contribution in [3.05, 3.63) is 30.0 Å². The zero-order chi connectivity index (χ0) is 9.68. The van der Waals surface area contributed by atoms with Crippen molar-refractivity contribution in [2.24, 2.45) is 0 Å². The topological polar surface area (TPSA) is 33.2 Å². The first kappa shape index (κ1) is 9.45. The molecule has 1 heterocycles. The number of hydrogen-bond acceptors (Lipinski definition) is 3. The fraction of sp³-hybridized carbons (Fsp3) is 0.200. The number of carbonyl (C=O) groups is 1. The van der Waals surface area contributed by atoms with Crippen LogP contribution in [0.25, 0.3) is 6.08 Å². The monoisotopic (exact) mass is 176 g/mol. The van der Waals surface area contributed by atoms with Crippen LogP contribution in [0.1, 0.15) is 5.69 Å². The summed E-state index contributed by atoms with van der Waals surface area (Å²) in [6.45, 7) is 0. The molecule has 3 heteroatoms. The van der Waals surface area contributed by atoms with E-state index in [-0.39, 0.29) is 0 Å². The van der Waals surface area contributed by atoms with Crippen molar-refractivity contribution in [1.82, 2.24) is 4.98 Å². The molecule has 3 nitrogen and oxygen atoms in total. The fourth-order valence-electron chi connectivity index (χ4n) is 0.919. The largest absolute Gasteiger partial charge is 0.363 e. The molecule has 0 N–H and O–H groups in total. The van der Waals surface area contributed by atoms with Crippen molar-refractivity contribution in [3.63, 3.8) is 0 Å². The molecule has 0 saturated heterocycles. The number of allylic oxidation sites excluding steroid dienone is 1. The van der Waals surface area contributed by atoms with E-state index in [4.69, 9.17) is 0 Å². The molecule has 0 aliphatic heterocycles. The summed E-state index contributed by atoms with van der Waals surface area (Å²) in [7, 11) is 3.85. The summed E-state index contributed by atoms with van der Waals surface area (Å²) in [6, 6.07) is 5.68. The zero-order valence-corrected chi connectivity index (χ0v) is 7.77. The molecule has 0 aliphatic rings. The average molecular weight is 176 g/mol. The highest BCUT2D eigenvalue weighted by molar-refractivity contribution is 5.73. The van der Waals surface area contributed by atoms with Crippen LogP contribution in [0.4, 0.5) is 5.82 Å². The molecule has 0 radical (unpaired) electrons. The van der Waals surface area contributed by atoms with Crippen molar-refractivity contribution in [2.45, 2.75) is 0 Å². The van der Waals surface area contributed by atoms with Crippen LogP contribution in [-0.2, 0) is 4.79 Å². The lowest BCUT2D eigenvalue weighted by Crippen LogP contribution is -2.10. The van der Waals surface area contributed by atoms with E-state index in [1.54, 1.807) is 6.08 Å². The molecule has 0 bridgehead atoms. The van der Waals surface area contributed by atoms with Crippen LogP contribution in [0.3, 0.4) is 0 Å². The highest BCUT2D eigenvalue weighted by Gasteiger charge is 1.95. The summed E-state index contributed by atoms with van der Waals surface area (Å²) >= 11 is 0. The van der Waals surface area contributed by atoms with Crippen LogP contribution in [0, 0.1) is 0 Å². The quantitative estimate of drug-likeness (QED) is 0.515. The van der Waals surface area contributed by atoms with Crippen molar-refractivity contribution in [3.8, 4) is 0 Å². The minimum atomic E-state index is 0.740. The third-order valence-corrected chi connectivity index (χ3v) is 1.56. The summed E-state index contributed by atoms with van der Waals surface area (Å²) in [6.07, 6.45) is 3.85. The van der Waals surface area contributed by atoms with E-state index in [9.17, 15) is 4.79 Å². The Morgan fingerprint density at radius 2 is 2.15 bits per heavy atom. The van der Waals surface area contributed by atoms with Gasteiger partial charge in [-0.3, -0.25) is 4.79 Å². The second kappa shape index (κ2) is 4.40. The molecule has 0 aromatic carbocycles. The second-order valence-electron chi connectivity index (χ2n) is 2.81. The van der Waals surface area contributed by atoms with Gasteiger partial charge >= 0.3 is 0 Å². The van der Waals surface area contributed by atoms with Gasteiger partial charge in [0.15, 0.2) is 0 Å². The van der Waals surface area contributed by atoms with Gasteiger partial charge in [-0.25, -0.2) is 4.98 Å². The van der Waals surface area contributed by atoms with Gasteiger partial charge in [-0.1, -0.05) is 6.07 Å². The molecule has 1 aromatic rings. The predicted molar refractivity (Wildman–Crippen MR) is 53.7 cm³/mol. The Kier molecular flexibility index (Phi) is 3.20. The third kappa shape index (κ3) is 2.71. The van der Waals surface area contributed by atoms with E-state index in [2.05, 4.69) is 4.98 Å². The predicted octanol–water partition coefficient (Wildman–Crippen LogP) is 1.36. The first-order valence-corrected chi connectivity index (χ1v) is 4.00. The summed E-state index contributed by atoms with van der Waals surface area (Å²) in [4.78, 5) is 16.3. The van der Waals surface area contributed by atoms with Crippen LogP contribution in [0.5, 0.6) is 0 Å². The molecule has 0 amide bonds. The lowest BCUT2D eigenvalue weighted by atomic mass is 10.3. The van der Waals surface area contributed by atoms with Gasteiger partial charge in [-0.2, -0.15) is 0 Å². The number of nitrogens with zero attached hydrogens (tertiary/aromatic N) is 2.